The average Bonchev–Trinajstić information content (AvgIpc) is 3.01. The molecule has 0 amide bonds. The topological polar surface area (TPSA) is 20.3 Å². The van der Waals surface area contributed by atoms with Gasteiger partial charge in [0.05, 0.1) is 5.69 Å². The van der Waals surface area contributed by atoms with Gasteiger partial charge in [-0.15, -0.1) is 0 Å². The lowest BCUT2D eigenvalue weighted by Crippen LogP contribution is -2.19. The lowest BCUT2D eigenvalue weighted by Gasteiger charge is -2.18. The fraction of sp³-hybridized carbons (Fsp3) is 0.235. The summed E-state index contributed by atoms with van der Waals surface area (Å²) in [5, 5.41) is 0. The van der Waals surface area contributed by atoms with Gasteiger partial charge < -0.3 is 4.90 Å². The van der Waals surface area contributed by atoms with Gasteiger partial charge in [0.25, 0.3) is 0 Å². The summed E-state index contributed by atoms with van der Waals surface area (Å²) < 4.78 is 14.2. The molecule has 1 aliphatic rings. The molecule has 0 aromatic heterocycles. The van der Waals surface area contributed by atoms with Gasteiger partial charge in [-0.25, -0.2) is 4.39 Å². The lowest BCUT2D eigenvalue weighted by molar-refractivity contribution is 0.103. The normalized spacial score (nSPS) is 14.6. The first-order valence-electron chi connectivity index (χ1n) is 6.90. The molecule has 0 unspecified atom stereocenters. The lowest BCUT2D eigenvalue weighted by atomic mass is 10.0. The van der Waals surface area contributed by atoms with Crippen LogP contribution >= 0.6 is 0 Å². The van der Waals surface area contributed by atoms with E-state index >= 15 is 0 Å². The van der Waals surface area contributed by atoms with E-state index in [1.807, 2.05) is 23.1 Å². The second kappa shape index (κ2) is 5.45. The fourth-order valence-electron chi connectivity index (χ4n) is 2.62. The van der Waals surface area contributed by atoms with E-state index in [4.69, 9.17) is 0 Å². The first-order valence-corrected chi connectivity index (χ1v) is 6.90. The third-order valence-corrected chi connectivity index (χ3v) is 3.69. The van der Waals surface area contributed by atoms with Gasteiger partial charge in [-0.05, 0) is 31.0 Å². The number of halogens is 1. The summed E-state index contributed by atoms with van der Waals surface area (Å²) in [7, 11) is 0. The highest BCUT2D eigenvalue weighted by Crippen LogP contribution is 2.25. The number of benzene rings is 2. The van der Waals surface area contributed by atoms with Crippen LogP contribution in [0.25, 0.3) is 0 Å². The summed E-state index contributed by atoms with van der Waals surface area (Å²) in [5.41, 5.74) is 1.59. The number of carbonyl (C=O) groups excluding carboxylic acids is 1. The van der Waals surface area contributed by atoms with E-state index in [1.165, 1.54) is 6.07 Å². The first-order chi connectivity index (χ1) is 9.75. The molecule has 3 heteroatoms. The molecule has 1 saturated heterocycles. The number of nitrogens with zero attached hydrogens (tertiary/aromatic N) is 1. The Bertz CT molecular complexity index is 618. The van der Waals surface area contributed by atoms with Gasteiger partial charge in [-0.1, -0.05) is 30.3 Å². The molecule has 0 bridgehead atoms. The van der Waals surface area contributed by atoms with E-state index in [2.05, 4.69) is 0 Å². The molecule has 1 heterocycles. The van der Waals surface area contributed by atoms with E-state index in [-0.39, 0.29) is 11.6 Å². The minimum absolute atomic E-state index is 0.141. The highest BCUT2D eigenvalue weighted by Gasteiger charge is 2.18. The van der Waals surface area contributed by atoms with E-state index in [9.17, 15) is 9.18 Å². The van der Waals surface area contributed by atoms with Crippen LogP contribution in [0.3, 0.4) is 0 Å². The van der Waals surface area contributed by atoms with Crippen molar-refractivity contribution in [3.8, 4) is 0 Å². The van der Waals surface area contributed by atoms with Gasteiger partial charge in [0.15, 0.2) is 5.78 Å². The van der Waals surface area contributed by atoms with Gasteiger partial charge in [0.1, 0.15) is 5.82 Å². The van der Waals surface area contributed by atoms with Crippen LogP contribution in [0.1, 0.15) is 28.8 Å². The first kappa shape index (κ1) is 12.9. The third-order valence-electron chi connectivity index (χ3n) is 3.69. The predicted octanol–water partition coefficient (Wildman–Crippen LogP) is 3.66. The van der Waals surface area contributed by atoms with Gasteiger partial charge in [0.2, 0.25) is 0 Å². The molecule has 0 aliphatic carbocycles. The predicted molar refractivity (Wildman–Crippen MR) is 77.7 cm³/mol. The molecule has 0 saturated carbocycles. The maximum atomic E-state index is 14.2. The SMILES string of the molecule is O=C(c1ccccc1)c1ccc(N2CCCC2)c(F)c1. The zero-order valence-corrected chi connectivity index (χ0v) is 11.2. The molecule has 0 N–H and O–H groups in total. The third kappa shape index (κ3) is 2.44. The number of rotatable bonds is 3. The molecule has 1 fully saturated rings. The van der Waals surface area contributed by atoms with Crippen molar-refractivity contribution >= 4 is 11.5 Å². The minimum atomic E-state index is -0.311. The van der Waals surface area contributed by atoms with Crippen molar-refractivity contribution in [2.75, 3.05) is 18.0 Å². The zero-order valence-electron chi connectivity index (χ0n) is 11.2. The summed E-state index contributed by atoms with van der Waals surface area (Å²) in [5.74, 6) is -0.453. The molecule has 3 rings (SSSR count). The van der Waals surface area contributed by atoms with Crippen molar-refractivity contribution in [3.05, 3.63) is 65.5 Å². The van der Waals surface area contributed by atoms with Crippen molar-refractivity contribution in [3.63, 3.8) is 0 Å². The molecular formula is C17H16FNO. The van der Waals surface area contributed by atoms with Crippen LogP contribution in [-0.4, -0.2) is 18.9 Å². The molecule has 2 nitrogen and oxygen atoms in total. The Labute approximate surface area is 117 Å². The Hall–Kier alpha value is -2.16. The largest absolute Gasteiger partial charge is 0.369 e. The Kier molecular flexibility index (Phi) is 3.50. The highest BCUT2D eigenvalue weighted by atomic mass is 19.1. The van der Waals surface area contributed by atoms with Crippen LogP contribution in [0.2, 0.25) is 0 Å². The Morgan fingerprint density at radius 2 is 1.65 bits per heavy atom. The highest BCUT2D eigenvalue weighted by molar-refractivity contribution is 6.09. The number of ketones is 1. The molecule has 0 atom stereocenters. The van der Waals surface area contributed by atoms with Crippen LogP contribution in [0.15, 0.2) is 48.5 Å². The summed E-state index contributed by atoms with van der Waals surface area (Å²) in [6.45, 7) is 1.78. The monoisotopic (exact) mass is 269 g/mol. The maximum Gasteiger partial charge on any atom is 0.193 e. The van der Waals surface area contributed by atoms with Crippen LogP contribution in [0.4, 0.5) is 10.1 Å². The molecule has 20 heavy (non-hydrogen) atoms. The van der Waals surface area contributed by atoms with Gasteiger partial charge >= 0.3 is 0 Å². The molecule has 2 aromatic rings. The van der Waals surface area contributed by atoms with Gasteiger partial charge in [0, 0.05) is 24.2 Å². The van der Waals surface area contributed by atoms with Crippen LogP contribution in [-0.2, 0) is 0 Å². The van der Waals surface area contributed by atoms with Crippen molar-refractivity contribution in [2.24, 2.45) is 0 Å². The number of carbonyl (C=O) groups is 1. The Balaban J connectivity index is 1.88. The van der Waals surface area contributed by atoms with Crippen LogP contribution < -0.4 is 4.90 Å². The van der Waals surface area contributed by atoms with Crippen molar-refractivity contribution in [1.29, 1.82) is 0 Å². The molecule has 0 spiro atoms. The second-order valence-electron chi connectivity index (χ2n) is 5.06. The Morgan fingerprint density at radius 1 is 0.950 bits per heavy atom. The summed E-state index contributed by atoms with van der Waals surface area (Å²) in [4.78, 5) is 14.3. The van der Waals surface area contributed by atoms with Crippen molar-refractivity contribution < 1.29 is 9.18 Å². The summed E-state index contributed by atoms with van der Waals surface area (Å²) >= 11 is 0. The van der Waals surface area contributed by atoms with E-state index in [1.54, 1.807) is 24.3 Å². The van der Waals surface area contributed by atoms with Gasteiger partial charge in [-0.2, -0.15) is 0 Å². The minimum Gasteiger partial charge on any atom is -0.369 e. The molecular weight excluding hydrogens is 253 g/mol. The molecule has 102 valence electrons. The second-order valence-corrected chi connectivity index (χ2v) is 5.06. The molecule has 2 aromatic carbocycles. The zero-order chi connectivity index (χ0) is 13.9. The van der Waals surface area contributed by atoms with E-state index in [0.29, 0.717) is 16.8 Å². The quantitative estimate of drug-likeness (QED) is 0.793. The summed E-state index contributed by atoms with van der Waals surface area (Å²) in [6, 6.07) is 13.7. The smallest absolute Gasteiger partial charge is 0.193 e. The average molecular weight is 269 g/mol. The van der Waals surface area contributed by atoms with Gasteiger partial charge in [-0.3, -0.25) is 4.79 Å². The fourth-order valence-corrected chi connectivity index (χ4v) is 2.62. The number of hydrogen-bond donors (Lipinski definition) is 0. The number of anilines is 1. The van der Waals surface area contributed by atoms with E-state index < -0.39 is 0 Å². The molecule has 0 radical (unpaired) electrons. The van der Waals surface area contributed by atoms with Crippen LogP contribution in [0, 0.1) is 5.82 Å². The van der Waals surface area contributed by atoms with Crippen molar-refractivity contribution in [2.45, 2.75) is 12.8 Å². The molecule has 1 aliphatic heterocycles. The van der Waals surface area contributed by atoms with E-state index in [0.717, 1.165) is 25.9 Å². The van der Waals surface area contributed by atoms with Crippen LogP contribution in [0.5, 0.6) is 0 Å². The summed E-state index contributed by atoms with van der Waals surface area (Å²) in [6.07, 6.45) is 2.20. The maximum absolute atomic E-state index is 14.2. The Morgan fingerprint density at radius 3 is 2.30 bits per heavy atom. The standard InChI is InChI=1S/C17H16FNO/c18-15-12-14(17(20)13-6-2-1-3-7-13)8-9-16(15)19-10-4-5-11-19/h1-3,6-9,12H,4-5,10-11H2. The van der Waals surface area contributed by atoms with Crippen molar-refractivity contribution in [1.82, 2.24) is 0 Å². The number of hydrogen-bond acceptors (Lipinski definition) is 2.